The Morgan fingerprint density at radius 3 is 1.78 bits per heavy atom. The Balaban J connectivity index is 1.05. The molecule has 1 atom stereocenters. The van der Waals surface area contributed by atoms with Crippen molar-refractivity contribution >= 4 is 66.3 Å². The maximum Gasteiger partial charge on any atom is 0.159 e. The van der Waals surface area contributed by atoms with E-state index in [-0.39, 0.29) is 0 Å². The van der Waals surface area contributed by atoms with Crippen LogP contribution in [-0.4, -0.2) is 11.7 Å². The summed E-state index contributed by atoms with van der Waals surface area (Å²) in [5, 5.41) is 10.3. The van der Waals surface area contributed by atoms with E-state index in [1.807, 2.05) is 36.4 Å². The van der Waals surface area contributed by atoms with E-state index >= 15 is 0 Å². The van der Waals surface area contributed by atoms with E-state index in [2.05, 4.69) is 169 Å². The molecular weight excluding hydrogens is 735 g/mol. The van der Waals surface area contributed by atoms with Gasteiger partial charge in [-0.15, -0.1) is 0 Å². The first-order valence-electron chi connectivity index (χ1n) is 20.3. The van der Waals surface area contributed by atoms with Crippen molar-refractivity contribution in [3.05, 3.63) is 217 Å². The molecule has 60 heavy (non-hydrogen) atoms. The van der Waals surface area contributed by atoms with Gasteiger partial charge in [-0.25, -0.2) is 9.98 Å². The summed E-state index contributed by atoms with van der Waals surface area (Å²) < 4.78 is 13.3. The number of fused-ring (bicyclic) bond motifs is 7. The van der Waals surface area contributed by atoms with Gasteiger partial charge in [0.15, 0.2) is 5.84 Å². The summed E-state index contributed by atoms with van der Waals surface area (Å²) in [5.41, 5.74) is 12.9. The second-order valence-corrected chi connectivity index (χ2v) is 15.3. The smallest absolute Gasteiger partial charge is 0.159 e. The molecule has 3 heterocycles. The molecule has 0 saturated heterocycles. The van der Waals surface area contributed by atoms with E-state index < -0.39 is 6.17 Å². The van der Waals surface area contributed by atoms with Crippen LogP contribution in [0.5, 0.6) is 0 Å². The zero-order valence-corrected chi connectivity index (χ0v) is 32.3. The van der Waals surface area contributed by atoms with Crippen molar-refractivity contribution in [2.45, 2.75) is 6.17 Å². The first-order chi connectivity index (χ1) is 29.7. The molecule has 9 aromatic carbocycles. The zero-order valence-electron chi connectivity index (χ0n) is 32.3. The van der Waals surface area contributed by atoms with Gasteiger partial charge in [0.2, 0.25) is 0 Å². The number of amidine groups is 2. The molecular formula is C55H35N3O2. The fourth-order valence-corrected chi connectivity index (χ4v) is 8.83. The second kappa shape index (κ2) is 13.8. The fraction of sp³-hybridized carbons (Fsp3) is 0.0182. The van der Waals surface area contributed by atoms with Gasteiger partial charge in [-0.2, -0.15) is 0 Å². The highest BCUT2D eigenvalue weighted by molar-refractivity contribution is 6.17. The standard InChI is InChI=1S/C55H35N3O2/c1-3-13-34(14-4-1)36-23-25-37(26-24-36)53-56-54(39-27-28-43-42-19-9-11-21-48(42)59-50(43)33-39)58-55(57-53)46-30-29-44(52-51(46)45-20-10-12-22-49(45)60-52)47-32-40(35-15-5-2-6-16-35)31-38-17-7-8-18-41(38)47/h1-33,55H,(H,56,57,58). The molecule has 0 fully saturated rings. The van der Waals surface area contributed by atoms with Crippen molar-refractivity contribution in [2.75, 3.05) is 0 Å². The van der Waals surface area contributed by atoms with Gasteiger partial charge in [-0.1, -0.05) is 164 Å². The van der Waals surface area contributed by atoms with Gasteiger partial charge in [0.25, 0.3) is 0 Å². The normalized spacial score (nSPS) is 14.2. The minimum absolute atomic E-state index is 0.488. The van der Waals surface area contributed by atoms with E-state index in [0.29, 0.717) is 11.7 Å². The lowest BCUT2D eigenvalue weighted by molar-refractivity contribution is 0.662. The third kappa shape index (κ3) is 5.70. The lowest BCUT2D eigenvalue weighted by atomic mass is 9.91. The number of aliphatic imine (C=N–C) groups is 2. The van der Waals surface area contributed by atoms with Crippen LogP contribution in [0.1, 0.15) is 22.9 Å². The lowest BCUT2D eigenvalue weighted by Crippen LogP contribution is -2.33. The molecule has 2 aromatic heterocycles. The molecule has 0 saturated carbocycles. The van der Waals surface area contributed by atoms with Crippen molar-refractivity contribution in [3.8, 4) is 33.4 Å². The molecule has 1 unspecified atom stereocenters. The van der Waals surface area contributed by atoms with Crippen molar-refractivity contribution in [1.82, 2.24) is 5.32 Å². The van der Waals surface area contributed by atoms with Gasteiger partial charge in [-0.3, -0.25) is 0 Å². The molecule has 5 nitrogen and oxygen atoms in total. The van der Waals surface area contributed by atoms with Crippen LogP contribution < -0.4 is 5.32 Å². The Hall–Kier alpha value is -8.02. The molecule has 11 aromatic rings. The third-order valence-electron chi connectivity index (χ3n) is 11.8. The van der Waals surface area contributed by atoms with Gasteiger partial charge < -0.3 is 14.2 Å². The minimum Gasteiger partial charge on any atom is -0.456 e. The Morgan fingerprint density at radius 1 is 0.400 bits per heavy atom. The topological polar surface area (TPSA) is 63.0 Å². The SMILES string of the molecule is c1ccc(-c2ccc(C3=NC(c4ccc(-c5cc(-c6ccccc6)cc6ccccc56)c5oc6ccccc6c45)NC(c4ccc5c(c4)oc4ccccc45)=N3)cc2)cc1. The van der Waals surface area contributed by atoms with Crippen LogP contribution in [-0.2, 0) is 0 Å². The highest BCUT2D eigenvalue weighted by Gasteiger charge is 2.27. The van der Waals surface area contributed by atoms with Crippen LogP contribution in [0.2, 0.25) is 0 Å². The zero-order chi connectivity index (χ0) is 39.6. The lowest BCUT2D eigenvalue weighted by Gasteiger charge is -2.24. The number of nitrogens with one attached hydrogen (secondary N) is 1. The maximum atomic E-state index is 6.90. The quantitative estimate of drug-likeness (QED) is 0.183. The summed E-state index contributed by atoms with van der Waals surface area (Å²) in [5.74, 6) is 1.36. The predicted octanol–water partition coefficient (Wildman–Crippen LogP) is 14.1. The Labute approximate surface area is 345 Å². The Morgan fingerprint density at radius 2 is 1.00 bits per heavy atom. The molecule has 1 aliphatic heterocycles. The Bertz CT molecular complexity index is 3510. The molecule has 1 aliphatic rings. The van der Waals surface area contributed by atoms with E-state index in [1.54, 1.807) is 0 Å². The van der Waals surface area contributed by atoms with E-state index in [9.17, 15) is 0 Å². The van der Waals surface area contributed by atoms with E-state index in [4.69, 9.17) is 18.8 Å². The van der Waals surface area contributed by atoms with E-state index in [1.165, 1.54) is 10.9 Å². The molecule has 12 rings (SSSR count). The summed E-state index contributed by atoms with van der Waals surface area (Å²) in [7, 11) is 0. The summed E-state index contributed by atoms with van der Waals surface area (Å²) >= 11 is 0. The molecule has 282 valence electrons. The second-order valence-electron chi connectivity index (χ2n) is 15.3. The van der Waals surface area contributed by atoms with Crippen LogP contribution in [0.3, 0.4) is 0 Å². The van der Waals surface area contributed by atoms with Crippen molar-refractivity contribution < 1.29 is 8.83 Å². The number of benzene rings is 9. The summed E-state index contributed by atoms with van der Waals surface area (Å²) in [6, 6.07) is 69.9. The molecule has 0 radical (unpaired) electrons. The van der Waals surface area contributed by atoms with Crippen molar-refractivity contribution in [3.63, 3.8) is 0 Å². The summed E-state index contributed by atoms with van der Waals surface area (Å²) in [6.07, 6.45) is -0.488. The average Bonchev–Trinajstić information content (AvgIpc) is 3.90. The fourth-order valence-electron chi connectivity index (χ4n) is 8.83. The number of hydrogen-bond donors (Lipinski definition) is 1. The van der Waals surface area contributed by atoms with Gasteiger partial charge >= 0.3 is 0 Å². The molecule has 0 amide bonds. The maximum absolute atomic E-state index is 6.90. The average molecular weight is 770 g/mol. The van der Waals surface area contributed by atoms with Crippen LogP contribution >= 0.6 is 0 Å². The number of nitrogens with zero attached hydrogens (tertiary/aromatic N) is 2. The van der Waals surface area contributed by atoms with Crippen LogP contribution in [0.15, 0.2) is 219 Å². The molecule has 1 N–H and O–H groups in total. The molecule has 0 aliphatic carbocycles. The molecule has 0 bridgehead atoms. The van der Waals surface area contributed by atoms with Crippen molar-refractivity contribution in [2.24, 2.45) is 9.98 Å². The van der Waals surface area contributed by atoms with Crippen molar-refractivity contribution in [1.29, 1.82) is 0 Å². The highest BCUT2D eigenvalue weighted by atomic mass is 16.3. The first-order valence-corrected chi connectivity index (χ1v) is 20.3. The van der Waals surface area contributed by atoms with Gasteiger partial charge in [-0.05, 0) is 75.0 Å². The third-order valence-corrected chi connectivity index (χ3v) is 11.8. The summed E-state index contributed by atoms with van der Waals surface area (Å²) in [6.45, 7) is 0. The van der Waals surface area contributed by atoms with Crippen LogP contribution in [0, 0.1) is 0 Å². The van der Waals surface area contributed by atoms with E-state index in [0.717, 1.165) is 93.8 Å². The largest absolute Gasteiger partial charge is 0.456 e. The molecule has 0 spiro atoms. The first kappa shape index (κ1) is 34.1. The number of para-hydroxylation sites is 2. The highest BCUT2D eigenvalue weighted by Crippen LogP contribution is 2.44. The number of hydrogen-bond acceptors (Lipinski definition) is 5. The predicted molar refractivity (Wildman–Crippen MR) is 247 cm³/mol. The van der Waals surface area contributed by atoms with Crippen LogP contribution in [0.25, 0.3) is 88.0 Å². The Kier molecular flexibility index (Phi) is 7.85. The molecule has 5 heteroatoms. The van der Waals surface area contributed by atoms with Gasteiger partial charge in [0, 0.05) is 43.8 Å². The van der Waals surface area contributed by atoms with Crippen LogP contribution in [0.4, 0.5) is 0 Å². The monoisotopic (exact) mass is 769 g/mol. The van der Waals surface area contributed by atoms with Gasteiger partial charge in [0.05, 0.1) is 0 Å². The van der Waals surface area contributed by atoms with Gasteiger partial charge in [0.1, 0.15) is 34.3 Å². The number of rotatable bonds is 6. The number of furan rings is 2. The minimum atomic E-state index is -0.488. The summed E-state index contributed by atoms with van der Waals surface area (Å²) in [4.78, 5) is 10.6.